The van der Waals surface area contributed by atoms with E-state index in [4.69, 9.17) is 0 Å². The predicted octanol–water partition coefficient (Wildman–Crippen LogP) is 2.95. The number of hydrogen-bond donors (Lipinski definition) is 2. The largest absolute Gasteiger partial charge is 0.368 e. The van der Waals surface area contributed by atoms with Gasteiger partial charge in [0.15, 0.2) is 5.82 Å². The first-order chi connectivity index (χ1) is 15.4. The molecule has 2 N–H and O–H groups in total. The van der Waals surface area contributed by atoms with Crippen molar-refractivity contribution in [3.8, 4) is 0 Å². The van der Waals surface area contributed by atoms with Crippen molar-refractivity contribution < 1.29 is 9.18 Å². The van der Waals surface area contributed by atoms with Crippen LogP contribution >= 0.6 is 0 Å². The Balaban J connectivity index is 1.28. The van der Waals surface area contributed by atoms with Crippen LogP contribution in [0.2, 0.25) is 0 Å². The molecule has 32 heavy (non-hydrogen) atoms. The summed E-state index contributed by atoms with van der Waals surface area (Å²) in [5, 5.41) is 11.5. The van der Waals surface area contributed by atoms with Gasteiger partial charge in [-0.2, -0.15) is 5.10 Å². The molecule has 3 aromatic rings. The van der Waals surface area contributed by atoms with E-state index < -0.39 is 5.82 Å². The molecule has 9 heteroatoms. The zero-order chi connectivity index (χ0) is 22.0. The quantitative estimate of drug-likeness (QED) is 0.647. The number of aromatic nitrogens is 3. The third kappa shape index (κ3) is 3.02. The number of nitrogens with zero attached hydrogens (tertiary/aromatic N) is 5. The van der Waals surface area contributed by atoms with Gasteiger partial charge in [0.1, 0.15) is 5.82 Å². The molecule has 1 aliphatic carbocycles. The van der Waals surface area contributed by atoms with Gasteiger partial charge in [-0.3, -0.25) is 9.58 Å². The average molecular weight is 436 g/mol. The molecular weight excluding hydrogens is 409 g/mol. The number of anilines is 3. The van der Waals surface area contributed by atoms with Gasteiger partial charge in [-0.05, 0) is 38.3 Å². The zero-order valence-corrected chi connectivity index (χ0v) is 18.3. The summed E-state index contributed by atoms with van der Waals surface area (Å²) < 4.78 is 16.6. The second-order valence-corrected chi connectivity index (χ2v) is 9.20. The molecule has 1 saturated carbocycles. The summed E-state index contributed by atoms with van der Waals surface area (Å²) in [6.07, 6.45) is 6.77. The SMILES string of the molecule is Cc1c(F)c(NC(=O)N2CCc3c(N4CCNC5(CC5)C4)ccnc32)cc2cn(C)nc12. The molecule has 1 aromatic carbocycles. The number of rotatable bonds is 2. The van der Waals surface area contributed by atoms with Gasteiger partial charge in [0.25, 0.3) is 0 Å². The Morgan fingerprint density at radius 2 is 2.16 bits per heavy atom. The second-order valence-electron chi connectivity index (χ2n) is 9.20. The lowest BCUT2D eigenvalue weighted by Crippen LogP contribution is -2.52. The highest BCUT2D eigenvalue weighted by molar-refractivity contribution is 6.04. The van der Waals surface area contributed by atoms with Crippen LogP contribution in [0.1, 0.15) is 24.0 Å². The van der Waals surface area contributed by atoms with Crippen molar-refractivity contribution in [1.82, 2.24) is 20.1 Å². The van der Waals surface area contributed by atoms with E-state index in [0.717, 1.165) is 42.7 Å². The molecule has 0 atom stereocenters. The van der Waals surface area contributed by atoms with Crippen molar-refractivity contribution in [3.05, 3.63) is 41.5 Å². The molecule has 3 aliphatic rings. The molecule has 166 valence electrons. The van der Waals surface area contributed by atoms with Crippen LogP contribution in [0.25, 0.3) is 10.9 Å². The molecule has 8 nitrogen and oxygen atoms in total. The lowest BCUT2D eigenvalue weighted by atomic mass is 10.1. The van der Waals surface area contributed by atoms with E-state index in [2.05, 4.69) is 31.7 Å². The third-order valence-corrected chi connectivity index (χ3v) is 6.98. The molecule has 2 amide bonds. The van der Waals surface area contributed by atoms with Crippen molar-refractivity contribution in [2.75, 3.05) is 41.3 Å². The minimum Gasteiger partial charge on any atom is -0.368 e. The standard InChI is InChI=1S/C23H26FN7O/c1-14-19(24)17(11-15-12-29(2)28-20(14)15)27-22(32)31-9-4-16-18(3-7-25-21(16)31)30-10-8-26-23(13-30)5-6-23/h3,7,11-12,26H,4-6,8-10,13H2,1-2H3,(H,27,32). The number of carbonyl (C=O) groups excluding carboxylic acids is 1. The van der Waals surface area contributed by atoms with Crippen LogP contribution in [0, 0.1) is 12.7 Å². The van der Waals surface area contributed by atoms with Crippen LogP contribution in [0.3, 0.4) is 0 Å². The minimum absolute atomic E-state index is 0.162. The number of benzene rings is 1. The molecule has 2 aliphatic heterocycles. The van der Waals surface area contributed by atoms with Crippen LogP contribution < -0.4 is 20.4 Å². The highest BCUT2D eigenvalue weighted by atomic mass is 19.1. The first-order valence-corrected chi connectivity index (χ1v) is 11.1. The zero-order valence-electron chi connectivity index (χ0n) is 18.3. The average Bonchev–Trinajstić information content (AvgIpc) is 3.20. The summed E-state index contributed by atoms with van der Waals surface area (Å²) in [6.45, 7) is 5.11. The number of pyridine rings is 1. The number of piperazine rings is 1. The number of urea groups is 1. The number of carbonyl (C=O) groups is 1. The normalized spacial score (nSPS) is 19.0. The highest BCUT2D eigenvalue weighted by Crippen LogP contribution is 2.41. The van der Waals surface area contributed by atoms with Crippen LogP contribution in [-0.2, 0) is 13.5 Å². The van der Waals surface area contributed by atoms with Gasteiger partial charge in [-0.1, -0.05) is 0 Å². The van der Waals surface area contributed by atoms with Crippen LogP contribution in [-0.4, -0.2) is 52.5 Å². The Labute approximate surface area is 185 Å². The Hall–Kier alpha value is -3.20. The smallest absolute Gasteiger partial charge is 0.327 e. The first-order valence-electron chi connectivity index (χ1n) is 11.1. The molecule has 2 fully saturated rings. The second kappa shape index (κ2) is 6.90. The summed E-state index contributed by atoms with van der Waals surface area (Å²) in [4.78, 5) is 21.7. The van der Waals surface area contributed by atoms with Crippen molar-refractivity contribution in [3.63, 3.8) is 0 Å². The predicted molar refractivity (Wildman–Crippen MR) is 122 cm³/mol. The first kappa shape index (κ1) is 19.5. The van der Waals surface area contributed by atoms with Crippen molar-refractivity contribution in [2.45, 2.75) is 31.7 Å². The van der Waals surface area contributed by atoms with Gasteiger partial charge >= 0.3 is 6.03 Å². The summed E-state index contributed by atoms with van der Waals surface area (Å²) in [7, 11) is 1.80. The third-order valence-electron chi connectivity index (χ3n) is 6.98. The van der Waals surface area contributed by atoms with Gasteiger partial charge < -0.3 is 15.5 Å². The molecule has 6 rings (SSSR count). The monoisotopic (exact) mass is 435 g/mol. The van der Waals surface area contributed by atoms with Gasteiger partial charge in [0.2, 0.25) is 0 Å². The topological polar surface area (TPSA) is 78.3 Å². The van der Waals surface area contributed by atoms with Crippen molar-refractivity contribution >= 4 is 34.1 Å². The minimum atomic E-state index is -0.457. The van der Waals surface area contributed by atoms with E-state index in [1.165, 1.54) is 12.8 Å². The summed E-state index contributed by atoms with van der Waals surface area (Å²) >= 11 is 0. The van der Waals surface area contributed by atoms with Crippen LogP contribution in [0.5, 0.6) is 0 Å². The van der Waals surface area contributed by atoms with E-state index in [9.17, 15) is 9.18 Å². The Morgan fingerprint density at radius 3 is 2.97 bits per heavy atom. The molecule has 2 aromatic heterocycles. The number of amides is 2. The van der Waals surface area contributed by atoms with E-state index >= 15 is 0 Å². The molecule has 1 saturated heterocycles. The van der Waals surface area contributed by atoms with Gasteiger partial charge in [0.05, 0.1) is 11.2 Å². The Morgan fingerprint density at radius 1 is 1.31 bits per heavy atom. The summed E-state index contributed by atoms with van der Waals surface area (Å²) in [5.41, 5.74) is 3.72. The Kier molecular flexibility index (Phi) is 4.20. The fourth-order valence-corrected chi connectivity index (χ4v) is 5.12. The van der Waals surface area contributed by atoms with E-state index in [-0.39, 0.29) is 17.3 Å². The lowest BCUT2D eigenvalue weighted by molar-refractivity contribution is 0.257. The highest BCUT2D eigenvalue weighted by Gasteiger charge is 2.46. The summed E-state index contributed by atoms with van der Waals surface area (Å²) in [6, 6.07) is 3.33. The number of halogens is 1. The maximum absolute atomic E-state index is 15.0. The van der Waals surface area contributed by atoms with E-state index in [1.54, 1.807) is 35.8 Å². The molecule has 1 spiro atoms. The van der Waals surface area contributed by atoms with Gasteiger partial charge in [-0.25, -0.2) is 14.2 Å². The maximum atomic E-state index is 15.0. The lowest BCUT2D eigenvalue weighted by Gasteiger charge is -2.36. The number of hydrogen-bond acceptors (Lipinski definition) is 5. The number of nitrogens with one attached hydrogen (secondary N) is 2. The molecule has 0 radical (unpaired) electrons. The molecular formula is C23H26FN7O. The van der Waals surface area contributed by atoms with Crippen LogP contribution in [0.4, 0.5) is 26.4 Å². The fraction of sp³-hybridized carbons (Fsp3) is 0.435. The maximum Gasteiger partial charge on any atom is 0.327 e. The van der Waals surface area contributed by atoms with Crippen LogP contribution in [0.15, 0.2) is 24.5 Å². The van der Waals surface area contributed by atoms with Crippen molar-refractivity contribution in [1.29, 1.82) is 0 Å². The molecule has 0 unspecified atom stereocenters. The Bertz CT molecular complexity index is 1250. The molecule has 0 bridgehead atoms. The number of fused-ring (bicyclic) bond motifs is 2. The fourth-order valence-electron chi connectivity index (χ4n) is 5.12. The molecule has 4 heterocycles. The summed E-state index contributed by atoms with van der Waals surface area (Å²) in [5.74, 6) is 0.212. The van der Waals surface area contributed by atoms with E-state index in [0.29, 0.717) is 23.4 Å². The van der Waals surface area contributed by atoms with Crippen molar-refractivity contribution in [2.24, 2.45) is 7.05 Å². The van der Waals surface area contributed by atoms with Gasteiger partial charge in [-0.15, -0.1) is 0 Å². The van der Waals surface area contributed by atoms with E-state index in [1.807, 2.05) is 6.20 Å². The number of aryl methyl sites for hydroxylation is 2. The van der Waals surface area contributed by atoms with Gasteiger partial charge in [0, 0.05) is 73.4 Å².